The van der Waals surface area contributed by atoms with Gasteiger partial charge in [-0.05, 0) is 85.6 Å². The zero-order valence-corrected chi connectivity index (χ0v) is 26.6. The lowest BCUT2D eigenvalue weighted by atomic mass is 9.68. The molecule has 1 fully saturated rings. The van der Waals surface area contributed by atoms with E-state index < -0.39 is 8.24 Å². The third-order valence-electron chi connectivity index (χ3n) is 9.89. The molecule has 0 spiro atoms. The average molecular weight is 520 g/mol. The Balaban J connectivity index is 1.74. The lowest BCUT2D eigenvalue weighted by molar-refractivity contribution is 0.394. The van der Waals surface area contributed by atoms with Crippen molar-refractivity contribution in [3.05, 3.63) is 53.1 Å². The number of fused-ring (bicyclic) bond motifs is 4. The van der Waals surface area contributed by atoms with Gasteiger partial charge in [0.2, 0.25) is 0 Å². The maximum absolute atomic E-state index is 4.16. The van der Waals surface area contributed by atoms with Gasteiger partial charge in [0.15, 0.2) is 0 Å². The molecule has 0 heterocycles. The zero-order chi connectivity index (χ0) is 26.8. The molecule has 0 amide bonds. The van der Waals surface area contributed by atoms with Crippen LogP contribution in [0, 0.1) is 17.8 Å². The molecule has 0 aromatic heterocycles. The van der Waals surface area contributed by atoms with Crippen LogP contribution in [0.3, 0.4) is 0 Å². The van der Waals surface area contributed by atoms with Gasteiger partial charge < -0.3 is 4.98 Å². The van der Waals surface area contributed by atoms with Gasteiger partial charge >= 0.3 is 0 Å². The second-order valence-electron chi connectivity index (χ2n) is 14.5. The summed E-state index contributed by atoms with van der Waals surface area (Å²) in [5.74, 6) is 2.19. The molecule has 0 bridgehead atoms. The minimum absolute atomic E-state index is 0.183. The summed E-state index contributed by atoms with van der Waals surface area (Å²) in [5, 5.41) is 0. The molecule has 1 saturated carbocycles. The Hall–Kier alpha value is -1.12. The number of nitrogens with one attached hydrogen (secondary N) is 1. The Morgan fingerprint density at radius 3 is 2.11 bits per heavy atom. The van der Waals surface area contributed by atoms with E-state index in [1.54, 1.807) is 22.3 Å². The van der Waals surface area contributed by atoms with E-state index in [2.05, 4.69) is 96.0 Å². The van der Waals surface area contributed by atoms with Gasteiger partial charge in [-0.3, -0.25) is 0 Å². The fourth-order valence-electron chi connectivity index (χ4n) is 8.92. The highest BCUT2D eigenvalue weighted by Crippen LogP contribution is 2.62. The minimum atomic E-state index is -1.63. The van der Waals surface area contributed by atoms with E-state index in [1.165, 1.54) is 70.6 Å². The first-order valence-corrected chi connectivity index (χ1v) is 19.0. The Labute approximate surface area is 231 Å². The first-order chi connectivity index (χ1) is 17.5. The van der Waals surface area contributed by atoms with Gasteiger partial charge in [-0.25, -0.2) is 0 Å². The van der Waals surface area contributed by atoms with Gasteiger partial charge in [0.25, 0.3) is 0 Å². The average Bonchev–Trinajstić information content (AvgIpc) is 3.29. The van der Waals surface area contributed by atoms with Crippen LogP contribution in [0.25, 0.3) is 5.57 Å². The van der Waals surface area contributed by atoms with Crippen LogP contribution in [-0.4, -0.2) is 13.8 Å². The molecule has 0 aliphatic heterocycles. The Bertz CT molecular complexity index is 965. The molecule has 3 aliphatic rings. The molecule has 37 heavy (non-hydrogen) atoms. The SMILES string of the molecule is CCCCCCC1(CCCCCC)C2=CC3CC(C)C([Si](C)(C)NC(C)(C)C)C3C=C2c2ccccc21. The summed E-state index contributed by atoms with van der Waals surface area (Å²) in [7, 11) is -1.63. The van der Waals surface area contributed by atoms with Crippen molar-refractivity contribution < 1.29 is 0 Å². The third kappa shape index (κ3) is 5.91. The standard InChI is InChI=1S/C35H57NSi/c1-9-11-13-17-21-35(22-18-14-12-10-2)31-20-16-15-19-28(31)30-25-29-27(24-32(30)35)23-26(3)33(29)37(7,8)36-34(4,5)6/h15-16,19-20,24-27,29,33,36H,9-14,17-18,21-23H2,1-8H3. The van der Waals surface area contributed by atoms with Crippen molar-refractivity contribution in [1.82, 2.24) is 4.98 Å². The van der Waals surface area contributed by atoms with Crippen LogP contribution in [-0.2, 0) is 5.41 Å². The maximum Gasteiger partial charge on any atom is 0.123 e. The van der Waals surface area contributed by atoms with Gasteiger partial charge in [-0.2, -0.15) is 0 Å². The minimum Gasteiger partial charge on any atom is -0.332 e. The van der Waals surface area contributed by atoms with Crippen LogP contribution < -0.4 is 4.98 Å². The molecule has 1 N–H and O–H groups in total. The summed E-state index contributed by atoms with van der Waals surface area (Å²) in [6.45, 7) is 19.5. The highest BCUT2D eigenvalue weighted by molar-refractivity contribution is 6.76. The molecule has 206 valence electrons. The summed E-state index contributed by atoms with van der Waals surface area (Å²) >= 11 is 0. The lowest BCUT2D eigenvalue weighted by Crippen LogP contribution is -2.58. The molecular formula is C35H57NSi. The fraction of sp³-hybridized carbons (Fsp3) is 0.714. The normalized spacial score (nSPS) is 26.4. The van der Waals surface area contributed by atoms with Crippen molar-refractivity contribution in [2.75, 3.05) is 0 Å². The van der Waals surface area contributed by atoms with E-state index in [0.29, 0.717) is 11.8 Å². The highest BCUT2D eigenvalue weighted by Gasteiger charge is 2.53. The van der Waals surface area contributed by atoms with Gasteiger partial charge in [0.05, 0.1) is 0 Å². The molecule has 0 saturated heterocycles. The van der Waals surface area contributed by atoms with Crippen LogP contribution >= 0.6 is 0 Å². The van der Waals surface area contributed by atoms with Crippen molar-refractivity contribution in [3.63, 3.8) is 0 Å². The number of allylic oxidation sites excluding steroid dienone is 4. The van der Waals surface area contributed by atoms with E-state index >= 15 is 0 Å². The maximum atomic E-state index is 4.16. The van der Waals surface area contributed by atoms with Crippen molar-refractivity contribution >= 4 is 13.8 Å². The first kappa shape index (κ1) is 28.9. The van der Waals surface area contributed by atoms with Crippen molar-refractivity contribution in [2.45, 2.75) is 142 Å². The van der Waals surface area contributed by atoms with E-state index in [0.717, 1.165) is 11.5 Å². The molecule has 0 radical (unpaired) electrons. The van der Waals surface area contributed by atoms with Crippen molar-refractivity contribution in [2.24, 2.45) is 17.8 Å². The first-order valence-electron chi connectivity index (χ1n) is 15.9. The van der Waals surface area contributed by atoms with Crippen LogP contribution in [0.2, 0.25) is 18.6 Å². The largest absolute Gasteiger partial charge is 0.332 e. The van der Waals surface area contributed by atoms with E-state index in [1.807, 2.05) is 0 Å². The number of hydrogen-bond donors (Lipinski definition) is 1. The second-order valence-corrected chi connectivity index (χ2v) is 18.8. The summed E-state index contributed by atoms with van der Waals surface area (Å²) < 4.78 is 0. The van der Waals surface area contributed by atoms with Crippen LogP contribution in [0.5, 0.6) is 0 Å². The molecule has 1 aromatic carbocycles. The molecule has 2 heteroatoms. The monoisotopic (exact) mass is 519 g/mol. The summed E-state index contributed by atoms with van der Waals surface area (Å²) in [5.41, 5.74) is 7.81. The van der Waals surface area contributed by atoms with Crippen molar-refractivity contribution in [3.8, 4) is 0 Å². The van der Waals surface area contributed by atoms with Gasteiger partial charge in [0, 0.05) is 11.0 Å². The molecule has 1 nitrogen and oxygen atoms in total. The number of benzene rings is 1. The zero-order valence-electron chi connectivity index (χ0n) is 25.6. The molecular weight excluding hydrogens is 462 g/mol. The van der Waals surface area contributed by atoms with E-state index in [9.17, 15) is 0 Å². The predicted octanol–water partition coefficient (Wildman–Crippen LogP) is 10.4. The number of hydrogen-bond acceptors (Lipinski definition) is 1. The quantitative estimate of drug-likeness (QED) is 0.214. The van der Waals surface area contributed by atoms with Gasteiger partial charge in [-0.1, -0.05) is 122 Å². The Morgan fingerprint density at radius 2 is 1.51 bits per heavy atom. The second kappa shape index (κ2) is 11.5. The number of unbranched alkanes of at least 4 members (excludes halogenated alkanes) is 6. The van der Waals surface area contributed by atoms with Gasteiger partial charge in [-0.15, -0.1) is 0 Å². The third-order valence-corrected chi connectivity index (χ3v) is 13.9. The summed E-state index contributed by atoms with van der Waals surface area (Å²) in [6, 6.07) is 9.57. The smallest absolute Gasteiger partial charge is 0.123 e. The Kier molecular flexibility index (Phi) is 9.01. The van der Waals surface area contributed by atoms with Crippen molar-refractivity contribution in [1.29, 1.82) is 0 Å². The predicted molar refractivity (Wildman–Crippen MR) is 167 cm³/mol. The van der Waals surface area contributed by atoms with Crippen LogP contribution in [0.4, 0.5) is 0 Å². The molecule has 3 aliphatic carbocycles. The molecule has 4 unspecified atom stereocenters. The number of rotatable bonds is 12. The van der Waals surface area contributed by atoms with Crippen LogP contribution in [0.15, 0.2) is 42.0 Å². The lowest BCUT2D eigenvalue weighted by Gasteiger charge is -2.43. The van der Waals surface area contributed by atoms with E-state index in [4.69, 9.17) is 0 Å². The Morgan fingerprint density at radius 1 is 0.892 bits per heavy atom. The topological polar surface area (TPSA) is 12.0 Å². The fourth-order valence-corrected chi connectivity index (χ4v) is 13.9. The summed E-state index contributed by atoms with van der Waals surface area (Å²) in [6.07, 6.45) is 20.6. The summed E-state index contributed by atoms with van der Waals surface area (Å²) in [4.78, 5) is 4.16. The van der Waals surface area contributed by atoms with Crippen LogP contribution in [0.1, 0.15) is 123 Å². The molecule has 1 aromatic rings. The van der Waals surface area contributed by atoms with Gasteiger partial charge in [0.1, 0.15) is 8.24 Å². The molecule has 4 atom stereocenters. The molecule has 4 rings (SSSR count). The highest BCUT2D eigenvalue weighted by atomic mass is 28.3. The van der Waals surface area contributed by atoms with E-state index in [-0.39, 0.29) is 11.0 Å².